The number of fused-ring (bicyclic) bond motifs is 1. The predicted octanol–water partition coefficient (Wildman–Crippen LogP) is 2.96. The average molecular weight is 359 g/mol. The summed E-state index contributed by atoms with van der Waals surface area (Å²) in [5, 5.41) is 0. The van der Waals surface area contributed by atoms with E-state index in [4.69, 9.17) is 9.47 Å². The molecule has 0 bridgehead atoms. The Morgan fingerprint density at radius 3 is 2.76 bits per heavy atom. The molecule has 7 heteroatoms. The van der Waals surface area contributed by atoms with E-state index >= 15 is 0 Å². The number of methoxy groups -OCH3 is 1. The summed E-state index contributed by atoms with van der Waals surface area (Å²) < 4.78 is 24.9. The average Bonchev–Trinajstić information content (AvgIpc) is 2.99. The number of pyridine rings is 1. The first-order chi connectivity index (χ1) is 12.1. The molecule has 0 saturated carbocycles. The summed E-state index contributed by atoms with van der Waals surface area (Å²) in [6, 6.07) is 9.47. The van der Waals surface area contributed by atoms with Gasteiger partial charge in [0.05, 0.1) is 17.6 Å². The summed E-state index contributed by atoms with van der Waals surface area (Å²) in [6.07, 6.45) is 4.14. The number of nitrogens with zero attached hydrogens (tertiary/aromatic N) is 3. The van der Waals surface area contributed by atoms with E-state index in [1.165, 1.54) is 0 Å². The fraction of sp³-hybridized carbons (Fsp3) is 0.333. The van der Waals surface area contributed by atoms with E-state index in [-0.39, 0.29) is 0 Å². The van der Waals surface area contributed by atoms with Gasteiger partial charge in [0.25, 0.3) is 0 Å². The van der Waals surface area contributed by atoms with Crippen molar-refractivity contribution in [3.63, 3.8) is 0 Å². The maximum absolute atomic E-state index is 12.3. The fourth-order valence-electron chi connectivity index (χ4n) is 2.70. The van der Waals surface area contributed by atoms with Gasteiger partial charge in [-0.25, -0.2) is 13.2 Å². The van der Waals surface area contributed by atoms with Gasteiger partial charge in [0.1, 0.15) is 22.4 Å². The third kappa shape index (κ3) is 3.57. The van der Waals surface area contributed by atoms with Gasteiger partial charge in [0.2, 0.25) is 0 Å². The van der Waals surface area contributed by atoms with Crippen LogP contribution in [0, 0.1) is 6.92 Å². The highest BCUT2D eigenvalue weighted by molar-refractivity contribution is 7.83. The van der Waals surface area contributed by atoms with Crippen molar-refractivity contribution in [2.45, 2.75) is 13.3 Å². The zero-order valence-corrected chi connectivity index (χ0v) is 15.4. The first-order valence-corrected chi connectivity index (χ1v) is 9.54. The van der Waals surface area contributed by atoms with E-state index in [0.717, 1.165) is 28.8 Å². The molecule has 0 aliphatic carbocycles. The smallest absolute Gasteiger partial charge is 0.172 e. The molecule has 2 heterocycles. The molecule has 0 N–H and O–H groups in total. The monoisotopic (exact) mass is 359 g/mol. The Hall–Kier alpha value is -2.25. The van der Waals surface area contributed by atoms with Crippen LogP contribution in [0.4, 0.5) is 0 Å². The van der Waals surface area contributed by atoms with Crippen molar-refractivity contribution in [3.05, 3.63) is 42.1 Å². The molecular weight excluding hydrogens is 338 g/mol. The number of imidazole rings is 1. The quantitative estimate of drug-likeness (QED) is 0.607. The van der Waals surface area contributed by atoms with Crippen LogP contribution in [0.15, 0.2) is 36.5 Å². The third-order valence-electron chi connectivity index (χ3n) is 3.89. The Bertz CT molecular complexity index is 908. The lowest BCUT2D eigenvalue weighted by Gasteiger charge is -2.12. The van der Waals surface area contributed by atoms with Crippen molar-refractivity contribution in [2.75, 3.05) is 26.6 Å². The van der Waals surface area contributed by atoms with Crippen LogP contribution >= 0.6 is 0 Å². The predicted molar refractivity (Wildman–Crippen MR) is 99.2 cm³/mol. The van der Waals surface area contributed by atoms with Crippen molar-refractivity contribution in [1.82, 2.24) is 13.9 Å². The second-order valence-corrected chi connectivity index (χ2v) is 6.83. The molecular formula is C18H21N3O3S. The molecule has 0 amide bonds. The number of hydrogen-bond acceptors (Lipinski definition) is 5. The highest BCUT2D eigenvalue weighted by atomic mass is 32.2. The Labute approximate surface area is 149 Å². The molecule has 2 aromatic heterocycles. The van der Waals surface area contributed by atoms with Crippen LogP contribution in [-0.4, -0.2) is 44.7 Å². The molecule has 0 radical (unpaired) electrons. The van der Waals surface area contributed by atoms with Crippen molar-refractivity contribution in [2.24, 2.45) is 0 Å². The van der Waals surface area contributed by atoms with E-state index in [2.05, 4.69) is 9.97 Å². The number of aromatic nitrogens is 3. The highest BCUT2D eigenvalue weighted by Gasteiger charge is 2.19. The minimum Gasteiger partial charge on any atom is -0.493 e. The number of benzene rings is 1. The van der Waals surface area contributed by atoms with E-state index in [1.54, 1.807) is 23.5 Å². The Kier molecular flexibility index (Phi) is 5.45. The maximum atomic E-state index is 12.3. The summed E-state index contributed by atoms with van der Waals surface area (Å²) in [4.78, 5) is 9.12. The van der Waals surface area contributed by atoms with Crippen molar-refractivity contribution in [1.29, 1.82) is 0 Å². The number of rotatable bonds is 7. The standard InChI is InChI=1S/C18H21N3O3S/c1-13-16(24-12-6-11-23-2)9-10-19-17(13)18-20-14-7-4-5-8-15(14)21(18)25(3)22/h4-5,7-10H,6,11-12H2,1-3H3. The van der Waals surface area contributed by atoms with Gasteiger partial charge in [-0.15, -0.1) is 0 Å². The lowest BCUT2D eigenvalue weighted by molar-refractivity contribution is 0.172. The van der Waals surface area contributed by atoms with Gasteiger partial charge in [-0.1, -0.05) is 12.1 Å². The summed E-state index contributed by atoms with van der Waals surface area (Å²) in [7, 11) is 0.421. The van der Waals surface area contributed by atoms with Gasteiger partial charge in [0.15, 0.2) is 5.82 Å². The lowest BCUT2D eigenvalue weighted by atomic mass is 10.2. The van der Waals surface area contributed by atoms with E-state index < -0.39 is 11.0 Å². The molecule has 3 rings (SSSR count). The summed E-state index contributed by atoms with van der Waals surface area (Å²) in [5.74, 6) is 1.34. The second kappa shape index (κ2) is 7.76. The van der Waals surface area contributed by atoms with Crippen LogP contribution in [0.2, 0.25) is 0 Å². The molecule has 132 valence electrons. The Morgan fingerprint density at radius 2 is 2.00 bits per heavy atom. The molecule has 1 aromatic carbocycles. The second-order valence-electron chi connectivity index (χ2n) is 5.62. The molecule has 1 atom stereocenters. The van der Waals surface area contributed by atoms with Crippen LogP contribution in [0.5, 0.6) is 5.75 Å². The van der Waals surface area contributed by atoms with Crippen molar-refractivity contribution < 1.29 is 13.7 Å². The first kappa shape index (κ1) is 17.6. The molecule has 0 spiro atoms. The SMILES string of the molecule is COCCCOc1ccnc(-c2nc3ccccc3n2S(C)=O)c1C. The van der Waals surface area contributed by atoms with Gasteiger partial charge >= 0.3 is 0 Å². The van der Waals surface area contributed by atoms with Crippen molar-refractivity contribution >= 4 is 22.0 Å². The van der Waals surface area contributed by atoms with E-state index in [1.807, 2.05) is 37.3 Å². The zero-order valence-electron chi connectivity index (χ0n) is 14.6. The van der Waals surface area contributed by atoms with Gasteiger partial charge < -0.3 is 9.47 Å². The molecule has 0 aliphatic rings. The minimum absolute atomic E-state index is 0.564. The lowest BCUT2D eigenvalue weighted by Crippen LogP contribution is -2.07. The summed E-state index contributed by atoms with van der Waals surface area (Å²) in [6.45, 7) is 3.16. The summed E-state index contributed by atoms with van der Waals surface area (Å²) in [5.41, 5.74) is 3.17. The van der Waals surface area contributed by atoms with Crippen LogP contribution < -0.4 is 4.74 Å². The van der Waals surface area contributed by atoms with Crippen LogP contribution in [0.25, 0.3) is 22.6 Å². The van der Waals surface area contributed by atoms with Crippen LogP contribution in [-0.2, 0) is 15.7 Å². The van der Waals surface area contributed by atoms with E-state index in [9.17, 15) is 4.21 Å². The zero-order chi connectivity index (χ0) is 17.8. The molecule has 6 nitrogen and oxygen atoms in total. The van der Waals surface area contributed by atoms with Crippen LogP contribution in [0.1, 0.15) is 12.0 Å². The normalized spacial score (nSPS) is 12.4. The first-order valence-electron chi connectivity index (χ1n) is 8.02. The number of para-hydroxylation sites is 2. The van der Waals surface area contributed by atoms with Gasteiger partial charge in [-0.3, -0.25) is 4.98 Å². The number of hydrogen-bond donors (Lipinski definition) is 0. The molecule has 0 aliphatic heterocycles. The largest absolute Gasteiger partial charge is 0.493 e. The molecule has 1 unspecified atom stereocenters. The van der Waals surface area contributed by atoms with E-state index in [0.29, 0.717) is 24.7 Å². The molecule has 0 fully saturated rings. The minimum atomic E-state index is -1.25. The highest BCUT2D eigenvalue weighted by Crippen LogP contribution is 2.30. The third-order valence-corrected chi connectivity index (χ3v) is 4.78. The summed E-state index contributed by atoms with van der Waals surface area (Å²) >= 11 is 0. The van der Waals surface area contributed by atoms with Crippen molar-refractivity contribution in [3.8, 4) is 17.3 Å². The van der Waals surface area contributed by atoms with Crippen LogP contribution in [0.3, 0.4) is 0 Å². The molecule has 25 heavy (non-hydrogen) atoms. The van der Waals surface area contributed by atoms with Gasteiger partial charge in [0, 0.05) is 38.2 Å². The topological polar surface area (TPSA) is 66.2 Å². The Balaban J connectivity index is 2.03. The number of ether oxygens (including phenoxy) is 2. The fourth-order valence-corrected chi connectivity index (χ4v) is 3.50. The maximum Gasteiger partial charge on any atom is 0.172 e. The molecule has 3 aromatic rings. The van der Waals surface area contributed by atoms with Gasteiger partial charge in [-0.05, 0) is 25.1 Å². The van der Waals surface area contributed by atoms with Gasteiger partial charge in [-0.2, -0.15) is 0 Å². The Morgan fingerprint density at radius 1 is 1.20 bits per heavy atom. The molecule has 0 saturated heterocycles.